The first kappa shape index (κ1) is 14.0. The van der Waals surface area contributed by atoms with Gasteiger partial charge in [-0.15, -0.1) is 0 Å². The molecule has 1 atom stereocenters. The number of rotatable bonds is 4. The first-order valence-electron chi connectivity index (χ1n) is 7.90. The number of pyridine rings is 1. The third-order valence-electron chi connectivity index (χ3n) is 4.61. The fourth-order valence-corrected chi connectivity index (χ4v) is 3.50. The Bertz CT molecular complexity index is 842. The van der Waals surface area contributed by atoms with E-state index >= 15 is 0 Å². The number of likely N-dealkylation sites (tertiary alicyclic amines) is 1. The summed E-state index contributed by atoms with van der Waals surface area (Å²) < 4.78 is 3.93. The summed E-state index contributed by atoms with van der Waals surface area (Å²) in [5, 5.41) is 13.8. The van der Waals surface area contributed by atoms with Crippen molar-refractivity contribution in [2.75, 3.05) is 6.54 Å². The predicted molar refractivity (Wildman–Crippen MR) is 85.6 cm³/mol. The molecule has 3 aromatic rings. The van der Waals surface area contributed by atoms with Gasteiger partial charge in [0, 0.05) is 30.5 Å². The maximum atomic E-state index is 9.55. The van der Waals surface area contributed by atoms with Crippen LogP contribution in [0, 0.1) is 11.3 Å². The Morgan fingerprint density at radius 2 is 2.30 bits per heavy atom. The largest absolute Gasteiger partial charge is 0.322 e. The summed E-state index contributed by atoms with van der Waals surface area (Å²) in [6.45, 7) is 2.73. The summed E-state index contributed by atoms with van der Waals surface area (Å²) in [6.07, 6.45) is 9.77. The molecule has 0 amide bonds. The van der Waals surface area contributed by atoms with Crippen LogP contribution in [0.5, 0.6) is 0 Å². The second kappa shape index (κ2) is 5.86. The number of nitrogens with zero attached hydrogens (tertiary/aromatic N) is 6. The van der Waals surface area contributed by atoms with Crippen LogP contribution in [0.25, 0.3) is 5.52 Å². The molecule has 6 heteroatoms. The molecule has 0 N–H and O–H groups in total. The van der Waals surface area contributed by atoms with Crippen molar-refractivity contribution < 1.29 is 0 Å². The Morgan fingerprint density at radius 1 is 1.35 bits per heavy atom. The minimum Gasteiger partial charge on any atom is -0.322 e. The Balaban J connectivity index is 1.58. The van der Waals surface area contributed by atoms with Crippen LogP contribution in [0.4, 0.5) is 0 Å². The zero-order valence-electron chi connectivity index (χ0n) is 12.8. The molecular formula is C17H18N6. The summed E-state index contributed by atoms with van der Waals surface area (Å²) in [5.74, 6) is 0. The topological polar surface area (TPSA) is 62.2 Å². The van der Waals surface area contributed by atoms with E-state index in [2.05, 4.69) is 27.2 Å². The molecule has 116 valence electrons. The minimum absolute atomic E-state index is 0.450. The summed E-state index contributed by atoms with van der Waals surface area (Å²) in [7, 11) is 0. The van der Waals surface area contributed by atoms with Crippen molar-refractivity contribution in [1.82, 2.24) is 24.1 Å². The lowest BCUT2D eigenvalue weighted by atomic mass is 10.1. The molecule has 6 nitrogen and oxygen atoms in total. The minimum atomic E-state index is 0.450. The Labute approximate surface area is 134 Å². The molecule has 23 heavy (non-hydrogen) atoms. The van der Waals surface area contributed by atoms with Gasteiger partial charge in [-0.05, 0) is 31.5 Å². The molecule has 4 heterocycles. The second-order valence-electron chi connectivity index (χ2n) is 6.02. The van der Waals surface area contributed by atoms with Crippen LogP contribution >= 0.6 is 0 Å². The van der Waals surface area contributed by atoms with Crippen molar-refractivity contribution in [3.63, 3.8) is 0 Å². The van der Waals surface area contributed by atoms with Gasteiger partial charge in [0.15, 0.2) is 0 Å². The van der Waals surface area contributed by atoms with Crippen LogP contribution < -0.4 is 0 Å². The number of fused-ring (bicyclic) bond motifs is 1. The molecule has 1 unspecified atom stereocenters. The zero-order chi connectivity index (χ0) is 15.6. The Morgan fingerprint density at radius 3 is 3.13 bits per heavy atom. The summed E-state index contributed by atoms with van der Waals surface area (Å²) >= 11 is 0. The lowest BCUT2D eigenvalue weighted by Gasteiger charge is -2.23. The highest BCUT2D eigenvalue weighted by molar-refractivity contribution is 5.65. The van der Waals surface area contributed by atoms with E-state index in [9.17, 15) is 5.26 Å². The van der Waals surface area contributed by atoms with Crippen LogP contribution in [0.3, 0.4) is 0 Å². The van der Waals surface area contributed by atoms with Crippen LogP contribution in [-0.4, -0.2) is 36.7 Å². The van der Waals surface area contributed by atoms with E-state index in [1.807, 2.05) is 33.5 Å². The number of hydrogen-bond donors (Lipinski definition) is 0. The molecule has 0 radical (unpaired) electrons. The van der Waals surface area contributed by atoms with Gasteiger partial charge >= 0.3 is 0 Å². The molecule has 1 aliphatic heterocycles. The fraction of sp³-hybridized carbons (Fsp3) is 0.353. The van der Waals surface area contributed by atoms with Gasteiger partial charge < -0.3 is 4.40 Å². The second-order valence-corrected chi connectivity index (χ2v) is 6.02. The molecule has 0 spiro atoms. The van der Waals surface area contributed by atoms with Crippen LogP contribution in [0.2, 0.25) is 0 Å². The van der Waals surface area contributed by atoms with Crippen molar-refractivity contribution >= 4 is 5.52 Å². The van der Waals surface area contributed by atoms with Crippen LogP contribution in [0.1, 0.15) is 24.0 Å². The molecule has 1 fully saturated rings. The number of nitriles is 1. The van der Waals surface area contributed by atoms with Gasteiger partial charge in [0.1, 0.15) is 18.7 Å². The smallest absolute Gasteiger partial charge is 0.137 e. The molecule has 0 aliphatic carbocycles. The molecule has 0 saturated carbocycles. The lowest BCUT2D eigenvalue weighted by molar-refractivity contribution is 0.219. The van der Waals surface area contributed by atoms with E-state index < -0.39 is 0 Å². The highest BCUT2D eigenvalue weighted by Gasteiger charge is 2.26. The molecule has 0 bridgehead atoms. The summed E-state index contributed by atoms with van der Waals surface area (Å²) in [4.78, 5) is 6.47. The van der Waals surface area contributed by atoms with E-state index in [1.165, 1.54) is 6.42 Å². The van der Waals surface area contributed by atoms with Crippen molar-refractivity contribution in [3.8, 4) is 6.07 Å². The monoisotopic (exact) mass is 306 g/mol. The van der Waals surface area contributed by atoms with E-state index in [0.717, 1.165) is 42.7 Å². The molecule has 0 aromatic carbocycles. The molecule has 4 rings (SSSR count). The first-order chi connectivity index (χ1) is 11.3. The van der Waals surface area contributed by atoms with E-state index in [1.54, 1.807) is 12.7 Å². The van der Waals surface area contributed by atoms with Crippen molar-refractivity contribution in [2.45, 2.75) is 32.0 Å². The highest BCUT2D eigenvalue weighted by Crippen LogP contribution is 2.25. The molecule has 1 aliphatic rings. The van der Waals surface area contributed by atoms with Gasteiger partial charge in [0.2, 0.25) is 0 Å². The van der Waals surface area contributed by atoms with Crippen molar-refractivity contribution in [1.29, 1.82) is 5.26 Å². The van der Waals surface area contributed by atoms with E-state index in [0.29, 0.717) is 6.04 Å². The van der Waals surface area contributed by atoms with Crippen molar-refractivity contribution in [2.24, 2.45) is 0 Å². The first-order valence-corrected chi connectivity index (χ1v) is 7.90. The zero-order valence-corrected chi connectivity index (χ0v) is 12.8. The normalized spacial score (nSPS) is 18.5. The van der Waals surface area contributed by atoms with E-state index in [-0.39, 0.29) is 0 Å². The Kier molecular flexibility index (Phi) is 3.56. The molecule has 1 saturated heterocycles. The van der Waals surface area contributed by atoms with Gasteiger partial charge in [-0.2, -0.15) is 10.4 Å². The average Bonchev–Trinajstić information content (AvgIpc) is 3.28. The van der Waals surface area contributed by atoms with Crippen molar-refractivity contribution in [3.05, 3.63) is 54.4 Å². The quantitative estimate of drug-likeness (QED) is 0.740. The standard InChI is InChI=1S/C17H18N6/c18-8-16-14(10-22-6-2-1-5-17(16)22)9-21-7-3-4-15(21)11-23-13-19-12-20-23/h1-2,5-6,10,12-13,15H,3-4,7,9,11H2. The third kappa shape index (κ3) is 2.60. The van der Waals surface area contributed by atoms with Gasteiger partial charge in [-0.25, -0.2) is 4.98 Å². The van der Waals surface area contributed by atoms with Gasteiger partial charge in [0.05, 0.1) is 17.6 Å². The van der Waals surface area contributed by atoms with Gasteiger partial charge in [-0.1, -0.05) is 6.07 Å². The SMILES string of the molecule is N#Cc1c(CN2CCCC2Cn2cncn2)cn2ccccc12. The van der Waals surface area contributed by atoms with E-state index in [4.69, 9.17) is 0 Å². The molecular weight excluding hydrogens is 288 g/mol. The van der Waals surface area contributed by atoms with Gasteiger partial charge in [-0.3, -0.25) is 9.58 Å². The highest BCUT2D eigenvalue weighted by atomic mass is 15.3. The average molecular weight is 306 g/mol. The summed E-state index contributed by atoms with van der Waals surface area (Å²) in [5.41, 5.74) is 2.87. The predicted octanol–water partition coefficient (Wildman–Crippen LogP) is 2.07. The molecule has 3 aromatic heterocycles. The van der Waals surface area contributed by atoms with Crippen LogP contribution in [0.15, 0.2) is 43.2 Å². The maximum Gasteiger partial charge on any atom is 0.137 e. The number of aromatic nitrogens is 4. The summed E-state index contributed by atoms with van der Waals surface area (Å²) in [6, 6.07) is 8.79. The van der Waals surface area contributed by atoms with Gasteiger partial charge in [0.25, 0.3) is 0 Å². The van der Waals surface area contributed by atoms with Crippen LogP contribution in [-0.2, 0) is 13.1 Å². The maximum absolute atomic E-state index is 9.55. The lowest BCUT2D eigenvalue weighted by Crippen LogP contribution is -2.32. The Hall–Kier alpha value is -2.65. The number of hydrogen-bond acceptors (Lipinski definition) is 4. The third-order valence-corrected chi connectivity index (χ3v) is 4.61. The fourth-order valence-electron chi connectivity index (χ4n) is 3.50.